The first kappa shape index (κ1) is 15.6. The average molecular weight is 344 g/mol. The van der Waals surface area contributed by atoms with Gasteiger partial charge in [-0.2, -0.15) is 0 Å². The summed E-state index contributed by atoms with van der Waals surface area (Å²) < 4.78 is 2.19. The monoisotopic (exact) mass is 344 g/mol. The number of hydrogen-bond donors (Lipinski definition) is 1. The Kier molecular flexibility index (Phi) is 3.61. The van der Waals surface area contributed by atoms with Gasteiger partial charge in [0.25, 0.3) is 0 Å². The third-order valence-electron chi connectivity index (χ3n) is 5.93. The Hall–Kier alpha value is -2.59. The fraction of sp³-hybridized carbons (Fsp3) is 0.318. The first-order valence-corrected chi connectivity index (χ1v) is 9.44. The molecule has 26 heavy (non-hydrogen) atoms. The predicted molar refractivity (Wildman–Crippen MR) is 107 cm³/mol. The van der Waals surface area contributed by atoms with Gasteiger partial charge in [-0.15, -0.1) is 0 Å². The molecule has 0 spiro atoms. The minimum atomic E-state index is 0.661. The van der Waals surface area contributed by atoms with Crippen molar-refractivity contribution in [3.05, 3.63) is 60.0 Å². The second-order valence-corrected chi connectivity index (χ2v) is 7.58. The lowest BCUT2D eigenvalue weighted by atomic mass is 10.0. The Bertz CT molecular complexity index is 1090. The first-order chi connectivity index (χ1) is 12.7. The maximum atomic E-state index is 4.63. The third kappa shape index (κ3) is 2.44. The van der Waals surface area contributed by atoms with E-state index in [1.54, 1.807) is 0 Å². The van der Waals surface area contributed by atoms with Crippen molar-refractivity contribution in [2.45, 2.75) is 32.2 Å². The molecule has 0 unspecified atom stereocenters. The Labute approximate surface area is 153 Å². The molecule has 1 N–H and O–H groups in total. The highest BCUT2D eigenvalue weighted by Gasteiger charge is 2.22. The number of likely N-dealkylation sites (tertiary alicyclic amines) is 1. The van der Waals surface area contributed by atoms with Crippen LogP contribution in [0.2, 0.25) is 0 Å². The molecule has 0 radical (unpaired) electrons. The molecule has 132 valence electrons. The van der Waals surface area contributed by atoms with Crippen LogP contribution in [0.15, 0.2) is 48.9 Å². The van der Waals surface area contributed by atoms with Crippen LogP contribution in [-0.4, -0.2) is 39.1 Å². The molecule has 0 amide bonds. The summed E-state index contributed by atoms with van der Waals surface area (Å²) in [5.74, 6) is 0. The zero-order valence-corrected chi connectivity index (χ0v) is 15.4. The summed E-state index contributed by atoms with van der Waals surface area (Å²) in [6.45, 7) is 3.34. The van der Waals surface area contributed by atoms with Gasteiger partial charge in [0.2, 0.25) is 0 Å². The van der Waals surface area contributed by atoms with Crippen LogP contribution in [0.25, 0.3) is 27.6 Å². The van der Waals surface area contributed by atoms with Crippen LogP contribution in [0.3, 0.4) is 0 Å². The number of aromatic nitrogens is 3. The normalized spacial score (nSPS) is 18.3. The summed E-state index contributed by atoms with van der Waals surface area (Å²) >= 11 is 0. The van der Waals surface area contributed by atoms with Gasteiger partial charge >= 0.3 is 0 Å². The number of rotatable bonds is 3. The summed E-state index contributed by atoms with van der Waals surface area (Å²) in [4.78, 5) is 10.6. The number of likely N-dealkylation sites (N-methyl/N-ethyl adjacent to an activating group) is 1. The average Bonchev–Trinajstić information content (AvgIpc) is 3.35. The van der Waals surface area contributed by atoms with E-state index in [-0.39, 0.29) is 0 Å². The molecule has 1 aliphatic heterocycles. The highest BCUT2D eigenvalue weighted by molar-refractivity contribution is 5.87. The van der Waals surface area contributed by atoms with Crippen molar-refractivity contribution in [2.75, 3.05) is 13.6 Å². The van der Waals surface area contributed by atoms with Gasteiger partial charge in [-0.25, -0.2) is 4.98 Å². The molecule has 2 aromatic heterocycles. The van der Waals surface area contributed by atoms with E-state index < -0.39 is 0 Å². The van der Waals surface area contributed by atoms with Crippen LogP contribution >= 0.6 is 0 Å². The van der Waals surface area contributed by atoms with Crippen LogP contribution in [0, 0.1) is 6.92 Å². The molecule has 4 nitrogen and oxygen atoms in total. The lowest BCUT2D eigenvalue weighted by Crippen LogP contribution is -2.26. The van der Waals surface area contributed by atoms with Gasteiger partial charge in [0.15, 0.2) is 0 Å². The second-order valence-electron chi connectivity index (χ2n) is 7.58. The number of fused-ring (bicyclic) bond motifs is 2. The number of nitrogens with zero attached hydrogens (tertiary/aromatic N) is 3. The molecular weight excluding hydrogens is 320 g/mol. The molecule has 4 heteroatoms. The van der Waals surface area contributed by atoms with Gasteiger partial charge in [0.1, 0.15) is 6.33 Å². The summed E-state index contributed by atoms with van der Waals surface area (Å²) in [5, 5.41) is 1.33. The molecule has 5 rings (SSSR count). The second kappa shape index (κ2) is 5.99. The fourth-order valence-corrected chi connectivity index (χ4v) is 4.37. The zero-order chi connectivity index (χ0) is 17.7. The topological polar surface area (TPSA) is 36.9 Å². The molecule has 3 heterocycles. The molecule has 0 saturated carbocycles. The van der Waals surface area contributed by atoms with E-state index in [0.717, 1.165) is 17.5 Å². The molecule has 1 saturated heterocycles. The molecule has 0 bridgehead atoms. The Morgan fingerprint density at radius 1 is 1.23 bits per heavy atom. The summed E-state index contributed by atoms with van der Waals surface area (Å²) in [7, 11) is 2.25. The maximum Gasteiger partial charge on any atom is 0.100 e. The lowest BCUT2D eigenvalue weighted by Gasteiger charge is -2.18. The van der Waals surface area contributed by atoms with Crippen molar-refractivity contribution in [1.82, 2.24) is 19.4 Å². The minimum absolute atomic E-state index is 0.661. The Morgan fingerprint density at radius 2 is 2.15 bits per heavy atom. The highest BCUT2D eigenvalue weighted by Crippen LogP contribution is 2.28. The van der Waals surface area contributed by atoms with E-state index in [2.05, 4.69) is 76.0 Å². The van der Waals surface area contributed by atoms with Crippen LogP contribution in [0.4, 0.5) is 0 Å². The van der Waals surface area contributed by atoms with Crippen LogP contribution in [0.1, 0.15) is 24.0 Å². The summed E-state index contributed by atoms with van der Waals surface area (Å²) in [6, 6.07) is 13.7. The van der Waals surface area contributed by atoms with Gasteiger partial charge in [-0.1, -0.05) is 12.1 Å². The SMILES string of the molecule is Cc1cccc2c1ncn2-c1ccc2[nH]cc(C[C@H]3CCCN3C)c2c1. The molecule has 2 aromatic carbocycles. The molecule has 4 aromatic rings. The summed E-state index contributed by atoms with van der Waals surface area (Å²) in [6.07, 6.45) is 7.86. The van der Waals surface area contributed by atoms with Gasteiger partial charge in [-0.3, -0.25) is 4.57 Å². The standard InChI is InChI=1S/C22H24N4/c1-15-5-3-7-21-22(15)24-14-26(21)18-8-9-20-19(12-18)16(13-23-20)11-17-6-4-10-25(17)2/h3,5,7-9,12-14,17,23H,4,6,10-11H2,1-2H3/t17-/m1/s1. The smallest absolute Gasteiger partial charge is 0.100 e. The maximum absolute atomic E-state index is 4.63. The van der Waals surface area contributed by atoms with Gasteiger partial charge in [0.05, 0.1) is 11.0 Å². The number of hydrogen-bond acceptors (Lipinski definition) is 2. The fourth-order valence-electron chi connectivity index (χ4n) is 4.37. The van der Waals surface area contributed by atoms with Crippen molar-refractivity contribution in [2.24, 2.45) is 0 Å². The van der Waals surface area contributed by atoms with E-state index in [0.29, 0.717) is 6.04 Å². The van der Waals surface area contributed by atoms with Crippen molar-refractivity contribution < 1.29 is 0 Å². The Balaban J connectivity index is 1.58. The highest BCUT2D eigenvalue weighted by atomic mass is 15.1. The largest absolute Gasteiger partial charge is 0.361 e. The third-order valence-corrected chi connectivity index (χ3v) is 5.93. The lowest BCUT2D eigenvalue weighted by molar-refractivity contribution is 0.310. The van der Waals surface area contributed by atoms with Crippen LogP contribution < -0.4 is 0 Å². The number of imidazole rings is 1. The summed E-state index contributed by atoms with van der Waals surface area (Å²) in [5.41, 5.74) is 7.26. The number of H-pyrrole nitrogens is 1. The van der Waals surface area contributed by atoms with E-state index >= 15 is 0 Å². The molecule has 1 atom stereocenters. The number of aromatic amines is 1. The van der Waals surface area contributed by atoms with Crippen molar-refractivity contribution in [1.29, 1.82) is 0 Å². The minimum Gasteiger partial charge on any atom is -0.361 e. The van der Waals surface area contributed by atoms with Crippen LogP contribution in [0.5, 0.6) is 0 Å². The van der Waals surface area contributed by atoms with Crippen molar-refractivity contribution >= 4 is 21.9 Å². The van der Waals surface area contributed by atoms with E-state index in [4.69, 9.17) is 0 Å². The van der Waals surface area contributed by atoms with E-state index in [1.807, 2.05) is 6.33 Å². The quantitative estimate of drug-likeness (QED) is 0.596. The molecule has 1 aliphatic rings. The van der Waals surface area contributed by atoms with Crippen molar-refractivity contribution in [3.8, 4) is 5.69 Å². The number of nitrogens with one attached hydrogen (secondary N) is 1. The molecule has 1 fully saturated rings. The number of benzene rings is 2. The van der Waals surface area contributed by atoms with Crippen LogP contribution in [-0.2, 0) is 6.42 Å². The Morgan fingerprint density at radius 3 is 3.00 bits per heavy atom. The van der Waals surface area contributed by atoms with Gasteiger partial charge < -0.3 is 9.88 Å². The zero-order valence-electron chi connectivity index (χ0n) is 15.4. The van der Waals surface area contributed by atoms with Gasteiger partial charge in [-0.05, 0) is 75.2 Å². The van der Waals surface area contributed by atoms with E-state index in [1.165, 1.54) is 47.1 Å². The number of aryl methyl sites for hydroxylation is 1. The molecular formula is C22H24N4. The molecule has 0 aliphatic carbocycles. The van der Waals surface area contributed by atoms with Crippen molar-refractivity contribution in [3.63, 3.8) is 0 Å². The predicted octanol–water partition coefficient (Wildman–Crippen LogP) is 4.45. The number of para-hydroxylation sites is 1. The van der Waals surface area contributed by atoms with E-state index in [9.17, 15) is 0 Å². The van der Waals surface area contributed by atoms with Gasteiger partial charge in [0, 0.05) is 28.8 Å². The first-order valence-electron chi connectivity index (χ1n) is 9.44.